The lowest BCUT2D eigenvalue weighted by Crippen LogP contribution is -2.34. The van der Waals surface area contributed by atoms with E-state index in [4.69, 9.17) is 5.26 Å². The van der Waals surface area contributed by atoms with Crippen LogP contribution in [0.25, 0.3) is 0 Å². The molecule has 0 saturated carbocycles. The van der Waals surface area contributed by atoms with E-state index in [1.54, 1.807) is 12.1 Å². The van der Waals surface area contributed by atoms with Crippen LogP contribution in [-0.4, -0.2) is 29.9 Å². The smallest absolute Gasteiger partial charge is 0.235 e. The average Bonchev–Trinajstić information content (AvgIpc) is 2.95. The first kappa shape index (κ1) is 11.7. The third kappa shape index (κ3) is 1.83. The third-order valence-corrected chi connectivity index (χ3v) is 3.76. The predicted molar refractivity (Wildman–Crippen MR) is 66.0 cm³/mol. The highest BCUT2D eigenvalue weighted by molar-refractivity contribution is 6.06. The fourth-order valence-corrected chi connectivity index (χ4v) is 2.75. The van der Waals surface area contributed by atoms with E-state index >= 15 is 0 Å². The normalized spacial score (nSPS) is 25.7. The number of nitrogens with zero attached hydrogens (tertiary/aromatic N) is 3. The van der Waals surface area contributed by atoms with E-state index in [9.17, 15) is 9.59 Å². The summed E-state index contributed by atoms with van der Waals surface area (Å²) in [7, 11) is 0. The van der Waals surface area contributed by atoms with Crippen molar-refractivity contribution in [2.75, 3.05) is 18.0 Å². The van der Waals surface area contributed by atoms with Crippen molar-refractivity contribution in [1.82, 2.24) is 10.3 Å². The first-order valence-corrected chi connectivity index (χ1v) is 6.09. The van der Waals surface area contributed by atoms with Crippen molar-refractivity contribution in [1.29, 1.82) is 5.26 Å². The molecule has 0 aliphatic carbocycles. The maximum absolute atomic E-state index is 11.9. The van der Waals surface area contributed by atoms with E-state index in [1.165, 1.54) is 0 Å². The van der Waals surface area contributed by atoms with Crippen LogP contribution in [0.1, 0.15) is 18.5 Å². The van der Waals surface area contributed by atoms with Crippen LogP contribution in [0.15, 0.2) is 18.2 Å². The third-order valence-electron chi connectivity index (χ3n) is 3.76. The van der Waals surface area contributed by atoms with Crippen LogP contribution in [0.4, 0.5) is 5.82 Å². The highest BCUT2D eigenvalue weighted by Crippen LogP contribution is 2.38. The summed E-state index contributed by atoms with van der Waals surface area (Å²) < 4.78 is 0. The molecule has 0 aromatic carbocycles. The highest BCUT2D eigenvalue weighted by Gasteiger charge is 2.51. The van der Waals surface area contributed by atoms with Crippen molar-refractivity contribution in [3.05, 3.63) is 23.9 Å². The molecule has 0 radical (unpaired) electrons. The summed E-state index contributed by atoms with van der Waals surface area (Å²) in [5, 5.41) is 11.2. The zero-order chi connectivity index (χ0) is 13.5. The maximum Gasteiger partial charge on any atom is 0.235 e. The number of imide groups is 1. The van der Waals surface area contributed by atoms with Gasteiger partial charge in [0.1, 0.15) is 17.6 Å². The molecule has 1 aromatic heterocycles. The average molecular weight is 256 g/mol. The van der Waals surface area contributed by atoms with E-state index < -0.39 is 5.41 Å². The summed E-state index contributed by atoms with van der Waals surface area (Å²) in [6.45, 7) is 1.15. The number of anilines is 1. The van der Waals surface area contributed by atoms with Gasteiger partial charge in [-0.05, 0) is 18.6 Å². The van der Waals surface area contributed by atoms with Crippen molar-refractivity contribution in [2.45, 2.75) is 12.8 Å². The molecular formula is C13H12N4O2. The largest absolute Gasteiger partial charge is 0.355 e. The van der Waals surface area contributed by atoms with Gasteiger partial charge >= 0.3 is 0 Å². The molecule has 0 bridgehead atoms. The van der Waals surface area contributed by atoms with Crippen LogP contribution in [-0.2, 0) is 9.59 Å². The number of amides is 2. The van der Waals surface area contributed by atoms with E-state index in [-0.39, 0.29) is 18.2 Å². The van der Waals surface area contributed by atoms with Gasteiger partial charge in [-0.2, -0.15) is 5.26 Å². The zero-order valence-electron chi connectivity index (χ0n) is 10.2. The number of rotatable bonds is 1. The summed E-state index contributed by atoms with van der Waals surface area (Å²) in [4.78, 5) is 29.4. The molecule has 6 nitrogen and oxygen atoms in total. The van der Waals surface area contributed by atoms with Crippen LogP contribution in [0.5, 0.6) is 0 Å². The van der Waals surface area contributed by atoms with Crippen LogP contribution in [0, 0.1) is 16.7 Å². The topological polar surface area (TPSA) is 86.1 Å². The van der Waals surface area contributed by atoms with Crippen molar-refractivity contribution in [3.8, 4) is 6.07 Å². The quantitative estimate of drug-likeness (QED) is 0.725. The maximum atomic E-state index is 11.9. The van der Waals surface area contributed by atoms with Crippen LogP contribution in [0.3, 0.4) is 0 Å². The van der Waals surface area contributed by atoms with Crippen LogP contribution in [0.2, 0.25) is 0 Å². The van der Waals surface area contributed by atoms with Gasteiger partial charge in [-0.25, -0.2) is 4.98 Å². The first-order chi connectivity index (χ1) is 9.13. The standard InChI is InChI=1S/C13H12N4O2/c14-7-9-2-1-3-10(15-9)17-5-4-13(8-17)6-11(18)16-12(13)19/h1-3H,4-6,8H2,(H,16,18,19)/t13-/m1/s1. The second-order valence-electron chi connectivity index (χ2n) is 5.00. The van der Waals surface area contributed by atoms with Crippen molar-refractivity contribution >= 4 is 17.6 Å². The Morgan fingerprint density at radius 1 is 1.42 bits per heavy atom. The minimum Gasteiger partial charge on any atom is -0.355 e. The Labute approximate surface area is 110 Å². The number of nitriles is 1. The summed E-state index contributed by atoms with van der Waals surface area (Å²) in [6, 6.07) is 7.22. The second-order valence-corrected chi connectivity index (χ2v) is 5.00. The molecule has 1 N–H and O–H groups in total. The molecule has 2 aliphatic rings. The van der Waals surface area contributed by atoms with E-state index in [0.29, 0.717) is 31.0 Å². The summed E-state index contributed by atoms with van der Waals surface area (Å²) in [5.41, 5.74) is -0.257. The molecule has 6 heteroatoms. The Hall–Kier alpha value is -2.42. The lowest BCUT2D eigenvalue weighted by Gasteiger charge is -2.21. The van der Waals surface area contributed by atoms with Gasteiger partial charge < -0.3 is 4.90 Å². The van der Waals surface area contributed by atoms with Crippen molar-refractivity contribution in [2.24, 2.45) is 5.41 Å². The Kier molecular flexibility index (Phi) is 2.49. The van der Waals surface area contributed by atoms with E-state index in [0.717, 1.165) is 0 Å². The fraction of sp³-hybridized carbons (Fsp3) is 0.385. The molecule has 96 valence electrons. The molecular weight excluding hydrogens is 244 g/mol. The minimum atomic E-state index is -0.610. The Morgan fingerprint density at radius 3 is 2.95 bits per heavy atom. The Morgan fingerprint density at radius 2 is 2.26 bits per heavy atom. The molecule has 2 fully saturated rings. The van der Waals surface area contributed by atoms with E-state index in [2.05, 4.69) is 10.3 Å². The number of hydrogen-bond donors (Lipinski definition) is 1. The molecule has 2 amide bonds. The zero-order valence-corrected chi connectivity index (χ0v) is 10.2. The first-order valence-electron chi connectivity index (χ1n) is 6.09. The van der Waals surface area contributed by atoms with E-state index in [1.807, 2.05) is 17.0 Å². The molecule has 3 rings (SSSR count). The van der Waals surface area contributed by atoms with Gasteiger partial charge in [0.2, 0.25) is 11.8 Å². The van der Waals surface area contributed by atoms with Gasteiger partial charge in [0.15, 0.2) is 0 Å². The number of carbonyl (C=O) groups excluding carboxylic acids is 2. The minimum absolute atomic E-state index is 0.184. The lowest BCUT2D eigenvalue weighted by atomic mass is 9.85. The van der Waals surface area contributed by atoms with Crippen LogP contribution < -0.4 is 10.2 Å². The summed E-state index contributed by atoms with van der Waals surface area (Å²) in [5.74, 6) is 0.296. The number of aromatic nitrogens is 1. The van der Waals surface area contributed by atoms with Crippen molar-refractivity contribution in [3.63, 3.8) is 0 Å². The monoisotopic (exact) mass is 256 g/mol. The number of nitrogens with one attached hydrogen (secondary N) is 1. The SMILES string of the molecule is N#Cc1cccc(N2CC[C@@]3(CC(=O)NC3=O)C2)n1. The second kappa shape index (κ2) is 4.05. The molecule has 2 saturated heterocycles. The summed E-state index contributed by atoms with van der Waals surface area (Å²) >= 11 is 0. The van der Waals surface area contributed by atoms with Gasteiger partial charge in [0.05, 0.1) is 5.41 Å². The van der Waals surface area contributed by atoms with Gasteiger partial charge in [-0.15, -0.1) is 0 Å². The van der Waals surface area contributed by atoms with Gasteiger partial charge in [0, 0.05) is 19.5 Å². The molecule has 0 unspecified atom stereocenters. The van der Waals surface area contributed by atoms with Gasteiger partial charge in [-0.3, -0.25) is 14.9 Å². The highest BCUT2D eigenvalue weighted by atomic mass is 16.2. The molecule has 3 heterocycles. The molecule has 2 aliphatic heterocycles. The Bertz CT molecular complexity index is 607. The molecule has 19 heavy (non-hydrogen) atoms. The van der Waals surface area contributed by atoms with Gasteiger partial charge in [0.25, 0.3) is 0 Å². The molecule has 1 aromatic rings. The predicted octanol–water partition coefficient (Wildman–Crippen LogP) is 0.196. The fourth-order valence-electron chi connectivity index (χ4n) is 2.75. The molecule has 1 atom stereocenters. The number of carbonyl (C=O) groups is 2. The number of hydrogen-bond acceptors (Lipinski definition) is 5. The van der Waals surface area contributed by atoms with Gasteiger partial charge in [-0.1, -0.05) is 6.07 Å². The molecule has 1 spiro atoms. The lowest BCUT2D eigenvalue weighted by molar-refractivity contribution is -0.127. The van der Waals surface area contributed by atoms with Crippen LogP contribution >= 0.6 is 0 Å². The Balaban J connectivity index is 1.84. The summed E-state index contributed by atoms with van der Waals surface area (Å²) in [6.07, 6.45) is 0.892. The number of pyridine rings is 1. The van der Waals surface area contributed by atoms with Crippen molar-refractivity contribution < 1.29 is 9.59 Å².